The molecule has 2 fully saturated rings. The average Bonchev–Trinajstić information content (AvgIpc) is 2.95. The summed E-state index contributed by atoms with van der Waals surface area (Å²) < 4.78 is 11.3. The fraction of sp³-hybridized carbons (Fsp3) is 0.607. The second-order valence-corrected chi connectivity index (χ2v) is 10.6. The van der Waals surface area contributed by atoms with Crippen LogP contribution in [0, 0.1) is 0 Å². The summed E-state index contributed by atoms with van der Waals surface area (Å²) in [6.45, 7) is 12.1. The molecule has 3 aliphatic rings. The number of morpholine rings is 1. The Balaban J connectivity index is 1.32. The number of carbonyl (C=O) groups excluding carboxylic acids is 1. The highest BCUT2D eigenvalue weighted by Crippen LogP contribution is 2.38. The number of fused-ring (bicyclic) bond motifs is 1. The molecule has 1 N–H and O–H groups in total. The van der Waals surface area contributed by atoms with Crippen molar-refractivity contribution in [1.29, 1.82) is 0 Å². The highest BCUT2D eigenvalue weighted by Gasteiger charge is 2.38. The van der Waals surface area contributed by atoms with Gasteiger partial charge in [-0.15, -0.1) is 0 Å². The van der Waals surface area contributed by atoms with Gasteiger partial charge < -0.3 is 29.5 Å². The van der Waals surface area contributed by atoms with Crippen molar-refractivity contribution < 1.29 is 14.3 Å². The molecule has 0 radical (unpaired) electrons. The molecule has 4 heterocycles. The van der Waals surface area contributed by atoms with Crippen molar-refractivity contribution >= 4 is 34.7 Å². The Kier molecular flexibility index (Phi) is 7.90. The minimum Gasteiger partial charge on any atom is -0.494 e. The standard InChI is InChI=1S/C28H41N7O3/c1-6-23-27(36)32(4)24-18-29-28(31-26(24)35(23)19(2)3)30-22-8-7-21(17-25(22)37-5)33-11-9-20(10-12-33)34-13-15-38-16-14-34/h7-8,17-20,23H,6,9-16H2,1-5H3,(H,29,30,31)/t23-/m1/s1. The Morgan fingerprint density at radius 2 is 1.89 bits per heavy atom. The summed E-state index contributed by atoms with van der Waals surface area (Å²) in [6, 6.07) is 6.80. The van der Waals surface area contributed by atoms with Gasteiger partial charge in [-0.2, -0.15) is 4.98 Å². The van der Waals surface area contributed by atoms with Crippen LogP contribution in [0.1, 0.15) is 40.0 Å². The van der Waals surface area contributed by atoms with Crippen molar-refractivity contribution in [2.75, 3.05) is 73.6 Å². The molecule has 1 atom stereocenters. The predicted molar refractivity (Wildman–Crippen MR) is 151 cm³/mol. The number of amides is 1. The molecular weight excluding hydrogens is 482 g/mol. The Bertz CT molecular complexity index is 1130. The van der Waals surface area contributed by atoms with E-state index >= 15 is 0 Å². The van der Waals surface area contributed by atoms with Gasteiger partial charge in [0.15, 0.2) is 5.82 Å². The maximum atomic E-state index is 12.9. The molecule has 38 heavy (non-hydrogen) atoms. The van der Waals surface area contributed by atoms with Crippen LogP contribution in [0.4, 0.5) is 28.8 Å². The molecular formula is C28H41N7O3. The number of nitrogens with zero attached hydrogens (tertiary/aromatic N) is 6. The second kappa shape index (κ2) is 11.3. The SMILES string of the molecule is CC[C@@H]1C(=O)N(C)c2cnc(Nc3ccc(N4CCC(N5CCOCC5)CC4)cc3OC)nc2N1C(C)C. The van der Waals surface area contributed by atoms with Crippen molar-refractivity contribution in [1.82, 2.24) is 14.9 Å². The monoisotopic (exact) mass is 523 g/mol. The van der Waals surface area contributed by atoms with Gasteiger partial charge in [-0.1, -0.05) is 6.92 Å². The molecule has 206 valence electrons. The third-order valence-electron chi connectivity index (χ3n) is 8.07. The summed E-state index contributed by atoms with van der Waals surface area (Å²) in [4.78, 5) is 31.1. The van der Waals surface area contributed by atoms with E-state index < -0.39 is 0 Å². The number of nitrogens with one attached hydrogen (secondary N) is 1. The number of benzene rings is 1. The number of likely N-dealkylation sites (N-methyl/N-ethyl adjacent to an activating group) is 1. The lowest BCUT2D eigenvalue weighted by Crippen LogP contribution is -2.54. The van der Waals surface area contributed by atoms with Gasteiger partial charge in [0.2, 0.25) is 11.9 Å². The third-order valence-corrected chi connectivity index (χ3v) is 8.07. The van der Waals surface area contributed by atoms with Gasteiger partial charge in [-0.05, 0) is 45.2 Å². The second-order valence-electron chi connectivity index (χ2n) is 10.6. The van der Waals surface area contributed by atoms with E-state index in [0.717, 1.165) is 80.9 Å². The van der Waals surface area contributed by atoms with Gasteiger partial charge >= 0.3 is 0 Å². The first-order chi connectivity index (χ1) is 18.4. The van der Waals surface area contributed by atoms with E-state index in [9.17, 15) is 4.79 Å². The summed E-state index contributed by atoms with van der Waals surface area (Å²) in [7, 11) is 3.49. The van der Waals surface area contributed by atoms with E-state index in [1.54, 1.807) is 25.3 Å². The van der Waals surface area contributed by atoms with Gasteiger partial charge in [0.25, 0.3) is 0 Å². The Morgan fingerprint density at radius 1 is 1.16 bits per heavy atom. The smallest absolute Gasteiger partial charge is 0.249 e. The van der Waals surface area contributed by atoms with Gasteiger partial charge in [0.1, 0.15) is 17.5 Å². The molecule has 5 rings (SSSR count). The number of hydrogen-bond acceptors (Lipinski definition) is 9. The summed E-state index contributed by atoms with van der Waals surface area (Å²) in [5.74, 6) is 2.07. The van der Waals surface area contributed by atoms with Crippen molar-refractivity contribution in [2.45, 2.75) is 58.2 Å². The van der Waals surface area contributed by atoms with Crippen LogP contribution in [0.2, 0.25) is 0 Å². The molecule has 0 aliphatic carbocycles. The first-order valence-corrected chi connectivity index (χ1v) is 13.9. The number of ether oxygens (including phenoxy) is 2. The number of aromatic nitrogens is 2. The van der Waals surface area contributed by atoms with E-state index in [1.165, 1.54) is 0 Å². The van der Waals surface area contributed by atoms with Crippen molar-refractivity contribution in [3.63, 3.8) is 0 Å². The highest BCUT2D eigenvalue weighted by molar-refractivity contribution is 6.04. The minimum atomic E-state index is -0.239. The first-order valence-electron chi connectivity index (χ1n) is 13.9. The molecule has 0 bridgehead atoms. The zero-order valence-electron chi connectivity index (χ0n) is 23.3. The number of anilines is 5. The van der Waals surface area contributed by atoms with Crippen molar-refractivity contribution in [3.05, 3.63) is 24.4 Å². The van der Waals surface area contributed by atoms with Crippen LogP contribution in [-0.2, 0) is 9.53 Å². The molecule has 0 unspecified atom stereocenters. The van der Waals surface area contributed by atoms with Crippen LogP contribution in [0.15, 0.2) is 24.4 Å². The maximum absolute atomic E-state index is 12.9. The number of carbonyl (C=O) groups is 1. The van der Waals surface area contributed by atoms with Crippen molar-refractivity contribution in [3.8, 4) is 5.75 Å². The van der Waals surface area contributed by atoms with E-state index in [0.29, 0.717) is 18.4 Å². The average molecular weight is 524 g/mol. The van der Waals surface area contributed by atoms with Crippen LogP contribution in [0.5, 0.6) is 5.75 Å². The molecule has 0 spiro atoms. The van der Waals surface area contributed by atoms with Crippen LogP contribution in [0.25, 0.3) is 0 Å². The number of rotatable bonds is 7. The summed E-state index contributed by atoms with van der Waals surface area (Å²) in [5, 5.41) is 3.36. The van der Waals surface area contributed by atoms with Gasteiger partial charge in [0.05, 0.1) is 32.2 Å². The van der Waals surface area contributed by atoms with E-state index in [-0.39, 0.29) is 18.0 Å². The Hall–Kier alpha value is -3.11. The minimum absolute atomic E-state index is 0.0734. The zero-order chi connectivity index (χ0) is 26.8. The highest BCUT2D eigenvalue weighted by atomic mass is 16.5. The topological polar surface area (TPSA) is 86.3 Å². The molecule has 0 saturated carbocycles. The molecule has 10 nitrogen and oxygen atoms in total. The van der Waals surface area contributed by atoms with Crippen LogP contribution >= 0.6 is 0 Å². The molecule has 2 aromatic rings. The number of hydrogen-bond donors (Lipinski definition) is 1. The fourth-order valence-electron chi connectivity index (χ4n) is 5.97. The van der Waals surface area contributed by atoms with Crippen molar-refractivity contribution in [2.24, 2.45) is 0 Å². The first kappa shape index (κ1) is 26.5. The van der Waals surface area contributed by atoms with Crippen LogP contribution in [-0.4, -0.2) is 92.5 Å². The summed E-state index contributed by atoms with van der Waals surface area (Å²) in [5.41, 5.74) is 2.70. The maximum Gasteiger partial charge on any atom is 0.249 e. The number of methoxy groups -OCH3 is 1. The largest absolute Gasteiger partial charge is 0.494 e. The Labute approximate surface area is 225 Å². The van der Waals surface area contributed by atoms with Crippen LogP contribution < -0.4 is 24.8 Å². The predicted octanol–water partition coefficient (Wildman–Crippen LogP) is 3.50. The zero-order valence-corrected chi connectivity index (χ0v) is 23.3. The number of piperidine rings is 1. The van der Waals surface area contributed by atoms with E-state index in [1.807, 2.05) is 13.0 Å². The van der Waals surface area contributed by atoms with Crippen LogP contribution in [0.3, 0.4) is 0 Å². The third kappa shape index (κ3) is 5.11. The molecule has 3 aliphatic heterocycles. The van der Waals surface area contributed by atoms with Gasteiger partial charge in [0, 0.05) is 57.1 Å². The van der Waals surface area contributed by atoms with Gasteiger partial charge in [-0.25, -0.2) is 4.98 Å². The summed E-state index contributed by atoms with van der Waals surface area (Å²) in [6.07, 6.45) is 4.76. The molecule has 1 aromatic heterocycles. The molecule has 2 saturated heterocycles. The van der Waals surface area contributed by atoms with E-state index in [4.69, 9.17) is 14.5 Å². The quantitative estimate of drug-likeness (QED) is 0.586. The molecule has 1 amide bonds. The van der Waals surface area contributed by atoms with E-state index in [2.05, 4.69) is 51.0 Å². The normalized spacial score (nSPS) is 21.2. The van der Waals surface area contributed by atoms with Gasteiger partial charge in [-0.3, -0.25) is 9.69 Å². The molecule has 1 aromatic carbocycles. The lowest BCUT2D eigenvalue weighted by Gasteiger charge is -2.42. The lowest BCUT2D eigenvalue weighted by molar-refractivity contribution is -0.120. The Morgan fingerprint density at radius 3 is 2.55 bits per heavy atom. The fourth-order valence-corrected chi connectivity index (χ4v) is 5.97. The molecule has 10 heteroatoms. The lowest BCUT2D eigenvalue weighted by atomic mass is 10.0. The summed E-state index contributed by atoms with van der Waals surface area (Å²) >= 11 is 0.